The lowest BCUT2D eigenvalue weighted by Gasteiger charge is -2.01. The van der Waals surface area contributed by atoms with Gasteiger partial charge < -0.3 is 11.1 Å². The van der Waals surface area contributed by atoms with E-state index in [1.165, 1.54) is 25.1 Å². The Morgan fingerprint density at radius 1 is 1.41 bits per heavy atom. The van der Waals surface area contributed by atoms with Gasteiger partial charge in [0, 0.05) is 19.0 Å². The maximum Gasteiger partial charge on any atom is 0.216 e. The molecule has 0 atom stereocenters. The van der Waals surface area contributed by atoms with Crippen LogP contribution in [-0.4, -0.2) is 12.5 Å². The highest BCUT2D eigenvalue weighted by Crippen LogP contribution is 2.18. The van der Waals surface area contributed by atoms with Gasteiger partial charge in [0.1, 0.15) is 0 Å². The number of carbonyl (C=O) groups excluding carboxylic acids is 1. The predicted molar refractivity (Wildman–Crippen MR) is 63.1 cm³/mol. The van der Waals surface area contributed by atoms with Crippen molar-refractivity contribution in [3.8, 4) is 0 Å². The number of hydrogen-bond donors (Lipinski definition) is 2. The van der Waals surface area contributed by atoms with E-state index in [9.17, 15) is 13.6 Å². The number of rotatable bonds is 4. The molecule has 0 aliphatic carbocycles. The van der Waals surface area contributed by atoms with Gasteiger partial charge in [0.25, 0.3) is 0 Å². The van der Waals surface area contributed by atoms with Gasteiger partial charge in [-0.3, -0.25) is 4.79 Å². The second-order valence-electron chi connectivity index (χ2n) is 3.55. The minimum atomic E-state index is -1.03. The minimum Gasteiger partial charge on any atom is -0.396 e. The molecule has 0 saturated carbocycles. The maximum absolute atomic E-state index is 13.3. The van der Waals surface area contributed by atoms with Crippen molar-refractivity contribution in [2.75, 3.05) is 12.3 Å². The monoisotopic (exact) mass is 240 g/mol. The molecule has 1 aromatic rings. The molecule has 17 heavy (non-hydrogen) atoms. The van der Waals surface area contributed by atoms with Crippen molar-refractivity contribution in [2.45, 2.75) is 13.3 Å². The van der Waals surface area contributed by atoms with E-state index in [4.69, 9.17) is 5.73 Å². The zero-order valence-corrected chi connectivity index (χ0v) is 9.47. The average molecular weight is 240 g/mol. The van der Waals surface area contributed by atoms with Crippen molar-refractivity contribution < 1.29 is 13.6 Å². The van der Waals surface area contributed by atoms with Crippen molar-refractivity contribution in [3.63, 3.8) is 0 Å². The van der Waals surface area contributed by atoms with Crippen LogP contribution in [0.3, 0.4) is 0 Å². The molecule has 0 unspecified atom stereocenters. The van der Waals surface area contributed by atoms with Crippen molar-refractivity contribution in [1.29, 1.82) is 0 Å². The molecule has 0 aliphatic heterocycles. The normalized spacial score (nSPS) is 10.8. The van der Waals surface area contributed by atoms with E-state index in [0.29, 0.717) is 13.0 Å². The van der Waals surface area contributed by atoms with Gasteiger partial charge in [0.15, 0.2) is 11.6 Å². The van der Waals surface area contributed by atoms with Gasteiger partial charge in [-0.05, 0) is 18.6 Å². The number of amides is 1. The zero-order chi connectivity index (χ0) is 12.8. The molecule has 0 aromatic heterocycles. The quantitative estimate of drug-likeness (QED) is 0.625. The SMILES string of the molecule is CC(=O)NCCC=Cc1ccc(N)c(F)c1F. The van der Waals surface area contributed by atoms with Gasteiger partial charge in [-0.15, -0.1) is 0 Å². The van der Waals surface area contributed by atoms with Crippen LogP contribution >= 0.6 is 0 Å². The highest BCUT2D eigenvalue weighted by Gasteiger charge is 2.08. The molecule has 1 aromatic carbocycles. The molecule has 5 heteroatoms. The van der Waals surface area contributed by atoms with E-state index in [-0.39, 0.29) is 17.2 Å². The van der Waals surface area contributed by atoms with Crippen LogP contribution in [0.15, 0.2) is 18.2 Å². The molecule has 92 valence electrons. The average Bonchev–Trinajstić information content (AvgIpc) is 2.28. The van der Waals surface area contributed by atoms with Crippen LogP contribution < -0.4 is 11.1 Å². The van der Waals surface area contributed by atoms with Crippen molar-refractivity contribution in [1.82, 2.24) is 5.32 Å². The summed E-state index contributed by atoms with van der Waals surface area (Å²) in [5.41, 5.74) is 5.14. The van der Waals surface area contributed by atoms with E-state index in [2.05, 4.69) is 5.32 Å². The molecular formula is C12H14F2N2O. The maximum atomic E-state index is 13.3. The van der Waals surface area contributed by atoms with Crippen molar-refractivity contribution in [2.24, 2.45) is 0 Å². The molecule has 1 rings (SSSR count). The number of hydrogen-bond acceptors (Lipinski definition) is 2. The molecule has 0 spiro atoms. The molecule has 0 bridgehead atoms. The van der Waals surface area contributed by atoms with Gasteiger partial charge in [-0.2, -0.15) is 0 Å². The first-order valence-corrected chi connectivity index (χ1v) is 5.17. The number of nitrogens with one attached hydrogen (secondary N) is 1. The molecule has 0 heterocycles. The summed E-state index contributed by atoms with van der Waals surface area (Å²) in [6.07, 6.45) is 3.66. The highest BCUT2D eigenvalue weighted by atomic mass is 19.2. The topological polar surface area (TPSA) is 55.1 Å². The first-order chi connectivity index (χ1) is 8.02. The number of anilines is 1. The predicted octanol–water partition coefficient (Wildman–Crippen LogP) is 2.09. The summed E-state index contributed by atoms with van der Waals surface area (Å²) in [6.45, 7) is 1.88. The van der Waals surface area contributed by atoms with E-state index in [1.54, 1.807) is 6.08 Å². The number of nitrogen functional groups attached to an aromatic ring is 1. The Morgan fingerprint density at radius 2 is 2.12 bits per heavy atom. The number of halogens is 2. The zero-order valence-electron chi connectivity index (χ0n) is 9.47. The van der Waals surface area contributed by atoms with Gasteiger partial charge in [0.05, 0.1) is 5.69 Å². The number of benzene rings is 1. The molecule has 1 amide bonds. The Balaban J connectivity index is 2.60. The van der Waals surface area contributed by atoms with Crippen LogP contribution in [0, 0.1) is 11.6 Å². The molecule has 0 saturated heterocycles. The smallest absolute Gasteiger partial charge is 0.216 e. The second kappa shape index (κ2) is 5.98. The highest BCUT2D eigenvalue weighted by molar-refractivity contribution is 5.72. The van der Waals surface area contributed by atoms with E-state index in [1.807, 2.05) is 0 Å². The van der Waals surface area contributed by atoms with E-state index >= 15 is 0 Å². The Bertz CT molecular complexity index is 444. The Kier molecular flexibility index (Phi) is 4.63. The standard InChI is InChI=1S/C12H14F2N2O/c1-8(17)16-7-3-2-4-9-5-6-10(15)12(14)11(9)13/h2,4-6H,3,7,15H2,1H3,(H,16,17). The van der Waals surface area contributed by atoms with Crippen molar-refractivity contribution >= 4 is 17.7 Å². The number of nitrogens with two attached hydrogens (primary N) is 1. The van der Waals surface area contributed by atoms with Crippen LogP contribution in [0.25, 0.3) is 6.08 Å². The molecular weight excluding hydrogens is 226 g/mol. The summed E-state index contributed by atoms with van der Waals surface area (Å²) in [7, 11) is 0. The van der Waals surface area contributed by atoms with Gasteiger partial charge in [0.2, 0.25) is 5.91 Å². The third-order valence-electron chi connectivity index (χ3n) is 2.12. The van der Waals surface area contributed by atoms with Gasteiger partial charge in [-0.25, -0.2) is 8.78 Å². The summed E-state index contributed by atoms with van der Waals surface area (Å²) >= 11 is 0. The summed E-state index contributed by atoms with van der Waals surface area (Å²) in [5, 5.41) is 2.59. The third-order valence-corrected chi connectivity index (χ3v) is 2.12. The van der Waals surface area contributed by atoms with Crippen LogP contribution in [0.5, 0.6) is 0 Å². The van der Waals surface area contributed by atoms with E-state index in [0.717, 1.165) is 0 Å². The Labute approximate surface area is 98.3 Å². The summed E-state index contributed by atoms with van der Waals surface area (Å²) < 4.78 is 26.4. The summed E-state index contributed by atoms with van der Waals surface area (Å²) in [5.74, 6) is -2.11. The Hall–Kier alpha value is -1.91. The first kappa shape index (κ1) is 13.2. The lowest BCUT2D eigenvalue weighted by atomic mass is 10.1. The molecule has 3 N–H and O–H groups in total. The molecule has 0 fully saturated rings. The minimum absolute atomic E-state index is 0.122. The largest absolute Gasteiger partial charge is 0.396 e. The molecule has 3 nitrogen and oxygen atoms in total. The van der Waals surface area contributed by atoms with Crippen molar-refractivity contribution in [3.05, 3.63) is 35.4 Å². The fraction of sp³-hybridized carbons (Fsp3) is 0.250. The van der Waals surface area contributed by atoms with Crippen LogP contribution in [0.2, 0.25) is 0 Å². The fourth-order valence-corrected chi connectivity index (χ4v) is 1.25. The first-order valence-electron chi connectivity index (χ1n) is 5.17. The molecule has 0 aliphatic rings. The fourth-order valence-electron chi connectivity index (χ4n) is 1.25. The van der Waals surface area contributed by atoms with E-state index < -0.39 is 11.6 Å². The van der Waals surface area contributed by atoms with Crippen LogP contribution in [0.4, 0.5) is 14.5 Å². The van der Waals surface area contributed by atoms with Gasteiger partial charge >= 0.3 is 0 Å². The second-order valence-corrected chi connectivity index (χ2v) is 3.55. The molecule has 0 radical (unpaired) electrons. The summed E-state index contributed by atoms with van der Waals surface area (Å²) in [4.78, 5) is 10.6. The third kappa shape index (κ3) is 3.86. The number of carbonyl (C=O) groups is 1. The summed E-state index contributed by atoms with van der Waals surface area (Å²) in [6, 6.07) is 2.72. The Morgan fingerprint density at radius 3 is 2.76 bits per heavy atom. The lowest BCUT2D eigenvalue weighted by molar-refractivity contribution is -0.118. The van der Waals surface area contributed by atoms with Crippen LogP contribution in [0.1, 0.15) is 18.9 Å². The van der Waals surface area contributed by atoms with Gasteiger partial charge in [-0.1, -0.05) is 12.2 Å². The van der Waals surface area contributed by atoms with Crippen LogP contribution in [-0.2, 0) is 4.79 Å². The lowest BCUT2D eigenvalue weighted by Crippen LogP contribution is -2.20.